The molecular formula is C12H15N3O3S. The van der Waals surface area contributed by atoms with Crippen LogP contribution in [-0.4, -0.2) is 23.2 Å². The number of aryl methyl sites for hydroxylation is 2. The Morgan fingerprint density at radius 3 is 2.95 bits per heavy atom. The molecule has 0 saturated heterocycles. The lowest BCUT2D eigenvalue weighted by atomic mass is 10.2. The van der Waals surface area contributed by atoms with Crippen LogP contribution in [0.5, 0.6) is 0 Å². The van der Waals surface area contributed by atoms with Crippen molar-refractivity contribution in [2.75, 3.05) is 12.4 Å². The Bertz CT molecular complexity index is 557. The highest BCUT2D eigenvalue weighted by atomic mass is 32.1. The van der Waals surface area contributed by atoms with Crippen molar-refractivity contribution in [1.82, 2.24) is 10.1 Å². The molecule has 0 amide bonds. The first-order valence-corrected chi connectivity index (χ1v) is 6.65. The number of methoxy groups -OCH3 is 1. The van der Waals surface area contributed by atoms with Crippen LogP contribution >= 0.6 is 11.3 Å². The number of hydrogen-bond acceptors (Lipinski definition) is 7. The number of nitrogens with zero attached hydrogens (tertiary/aromatic N) is 2. The summed E-state index contributed by atoms with van der Waals surface area (Å²) in [5.41, 5.74) is 2.61. The molecule has 0 saturated carbocycles. The van der Waals surface area contributed by atoms with Crippen molar-refractivity contribution in [3.63, 3.8) is 0 Å². The number of carbonyl (C=O) groups is 1. The summed E-state index contributed by atoms with van der Waals surface area (Å²) in [6.07, 6.45) is 0.194. The number of anilines is 1. The van der Waals surface area contributed by atoms with Crippen molar-refractivity contribution in [3.05, 3.63) is 28.1 Å². The molecule has 0 atom stereocenters. The van der Waals surface area contributed by atoms with Crippen LogP contribution < -0.4 is 5.32 Å². The van der Waals surface area contributed by atoms with E-state index in [-0.39, 0.29) is 12.4 Å². The predicted octanol–water partition coefficient (Wildman–Crippen LogP) is 2.08. The summed E-state index contributed by atoms with van der Waals surface area (Å²) in [5.74, 6) is 0.513. The van der Waals surface area contributed by atoms with Gasteiger partial charge in [0, 0.05) is 17.5 Å². The number of ether oxygens (including phenoxy) is 1. The van der Waals surface area contributed by atoms with Crippen molar-refractivity contribution in [1.29, 1.82) is 0 Å². The van der Waals surface area contributed by atoms with E-state index in [0.29, 0.717) is 12.2 Å². The fraction of sp³-hybridized carbons (Fsp3) is 0.417. The molecule has 0 radical (unpaired) electrons. The zero-order chi connectivity index (χ0) is 13.8. The maximum atomic E-state index is 11.1. The van der Waals surface area contributed by atoms with Gasteiger partial charge in [0.05, 0.1) is 24.9 Å². The van der Waals surface area contributed by atoms with Gasteiger partial charge >= 0.3 is 5.97 Å². The van der Waals surface area contributed by atoms with Crippen molar-refractivity contribution < 1.29 is 14.1 Å². The molecule has 6 nitrogen and oxygen atoms in total. The fourth-order valence-electron chi connectivity index (χ4n) is 1.61. The number of aromatic nitrogens is 2. The molecule has 2 heterocycles. The van der Waals surface area contributed by atoms with Gasteiger partial charge in [0.2, 0.25) is 0 Å². The van der Waals surface area contributed by atoms with E-state index in [1.54, 1.807) is 0 Å². The number of thiazole rings is 1. The number of nitrogens with one attached hydrogen (secondary N) is 1. The molecule has 7 heteroatoms. The summed E-state index contributed by atoms with van der Waals surface area (Å²) in [6.45, 7) is 4.38. The molecule has 19 heavy (non-hydrogen) atoms. The molecule has 0 aliphatic heterocycles. The Labute approximate surface area is 114 Å². The summed E-state index contributed by atoms with van der Waals surface area (Å²) < 4.78 is 9.69. The zero-order valence-electron chi connectivity index (χ0n) is 11.0. The van der Waals surface area contributed by atoms with Gasteiger partial charge in [0.1, 0.15) is 5.76 Å². The quantitative estimate of drug-likeness (QED) is 0.845. The van der Waals surface area contributed by atoms with Gasteiger partial charge in [-0.2, -0.15) is 0 Å². The Hall–Kier alpha value is -1.89. The molecule has 2 aromatic rings. The zero-order valence-corrected chi connectivity index (χ0v) is 11.8. The average Bonchev–Trinajstić information content (AvgIpc) is 2.95. The third-order valence-electron chi connectivity index (χ3n) is 2.70. The second kappa shape index (κ2) is 5.83. The van der Waals surface area contributed by atoms with E-state index in [0.717, 1.165) is 22.1 Å². The molecule has 2 rings (SSSR count). The minimum atomic E-state index is -0.289. The van der Waals surface area contributed by atoms with Crippen LogP contribution in [0.2, 0.25) is 0 Å². The van der Waals surface area contributed by atoms with Gasteiger partial charge in [-0.15, -0.1) is 11.3 Å². The molecule has 0 spiro atoms. The van der Waals surface area contributed by atoms with E-state index in [1.165, 1.54) is 18.4 Å². The standard InChI is InChI=1S/C12H15N3O3S/c1-7-10(8(2)18-15-7)5-13-12-14-9(6-19-12)4-11(16)17-3/h6H,4-5H2,1-3H3,(H,13,14). The summed E-state index contributed by atoms with van der Waals surface area (Å²) in [5, 5.41) is 9.69. The van der Waals surface area contributed by atoms with E-state index in [4.69, 9.17) is 4.52 Å². The summed E-state index contributed by atoms with van der Waals surface area (Å²) in [6, 6.07) is 0. The van der Waals surface area contributed by atoms with Gasteiger partial charge in [0.15, 0.2) is 5.13 Å². The lowest BCUT2D eigenvalue weighted by Crippen LogP contribution is -2.05. The van der Waals surface area contributed by atoms with Gasteiger partial charge in [-0.1, -0.05) is 5.16 Å². The first-order valence-electron chi connectivity index (χ1n) is 5.77. The highest BCUT2D eigenvalue weighted by molar-refractivity contribution is 7.13. The average molecular weight is 281 g/mol. The third kappa shape index (κ3) is 3.31. The SMILES string of the molecule is COC(=O)Cc1csc(NCc2c(C)noc2C)n1. The van der Waals surface area contributed by atoms with Crippen molar-refractivity contribution >= 4 is 22.4 Å². The second-order valence-electron chi connectivity index (χ2n) is 4.05. The van der Waals surface area contributed by atoms with E-state index in [1.807, 2.05) is 19.2 Å². The Kier molecular flexibility index (Phi) is 4.16. The minimum Gasteiger partial charge on any atom is -0.469 e. The first kappa shape index (κ1) is 13.5. The van der Waals surface area contributed by atoms with Crippen LogP contribution in [0.4, 0.5) is 5.13 Å². The monoisotopic (exact) mass is 281 g/mol. The molecule has 0 fully saturated rings. The Balaban J connectivity index is 1.95. The highest BCUT2D eigenvalue weighted by Crippen LogP contribution is 2.19. The van der Waals surface area contributed by atoms with Gasteiger partial charge in [-0.05, 0) is 13.8 Å². The lowest BCUT2D eigenvalue weighted by Gasteiger charge is -2.01. The summed E-state index contributed by atoms with van der Waals surface area (Å²) in [4.78, 5) is 15.4. The number of esters is 1. The van der Waals surface area contributed by atoms with Crippen molar-refractivity contribution in [3.8, 4) is 0 Å². The van der Waals surface area contributed by atoms with Crippen LogP contribution in [0.25, 0.3) is 0 Å². The first-order chi connectivity index (χ1) is 9.10. The van der Waals surface area contributed by atoms with Crippen LogP contribution in [0.3, 0.4) is 0 Å². The molecule has 0 bridgehead atoms. The largest absolute Gasteiger partial charge is 0.469 e. The predicted molar refractivity (Wildman–Crippen MR) is 71.1 cm³/mol. The van der Waals surface area contributed by atoms with E-state index in [9.17, 15) is 4.79 Å². The maximum absolute atomic E-state index is 11.1. The van der Waals surface area contributed by atoms with Gasteiger partial charge in [-0.3, -0.25) is 4.79 Å². The van der Waals surface area contributed by atoms with Gasteiger partial charge in [-0.25, -0.2) is 4.98 Å². The molecular weight excluding hydrogens is 266 g/mol. The van der Waals surface area contributed by atoms with E-state index < -0.39 is 0 Å². The molecule has 0 aliphatic rings. The fourth-order valence-corrected chi connectivity index (χ4v) is 2.32. The second-order valence-corrected chi connectivity index (χ2v) is 4.91. The molecule has 0 unspecified atom stereocenters. The van der Waals surface area contributed by atoms with Crippen molar-refractivity contribution in [2.45, 2.75) is 26.8 Å². The number of carbonyl (C=O) groups excluding carboxylic acids is 1. The number of rotatable bonds is 5. The van der Waals surface area contributed by atoms with Gasteiger partial charge in [0.25, 0.3) is 0 Å². The smallest absolute Gasteiger partial charge is 0.311 e. The molecule has 102 valence electrons. The number of hydrogen-bond donors (Lipinski definition) is 1. The maximum Gasteiger partial charge on any atom is 0.311 e. The molecule has 2 aromatic heterocycles. The van der Waals surface area contributed by atoms with Crippen LogP contribution in [0.15, 0.2) is 9.90 Å². The third-order valence-corrected chi connectivity index (χ3v) is 3.55. The Morgan fingerprint density at radius 2 is 2.32 bits per heavy atom. The van der Waals surface area contributed by atoms with Crippen LogP contribution in [-0.2, 0) is 22.5 Å². The van der Waals surface area contributed by atoms with Crippen LogP contribution in [0.1, 0.15) is 22.7 Å². The summed E-state index contributed by atoms with van der Waals surface area (Å²) in [7, 11) is 1.37. The van der Waals surface area contributed by atoms with Crippen molar-refractivity contribution in [2.24, 2.45) is 0 Å². The highest BCUT2D eigenvalue weighted by Gasteiger charge is 2.11. The van der Waals surface area contributed by atoms with Crippen LogP contribution in [0, 0.1) is 13.8 Å². The van der Waals surface area contributed by atoms with E-state index >= 15 is 0 Å². The van der Waals surface area contributed by atoms with Gasteiger partial charge < -0.3 is 14.6 Å². The molecule has 0 aliphatic carbocycles. The van der Waals surface area contributed by atoms with E-state index in [2.05, 4.69) is 20.2 Å². The normalized spacial score (nSPS) is 10.5. The topological polar surface area (TPSA) is 77.2 Å². The molecule has 0 aromatic carbocycles. The molecule has 1 N–H and O–H groups in total. The summed E-state index contributed by atoms with van der Waals surface area (Å²) >= 11 is 1.45. The minimum absolute atomic E-state index is 0.194. The lowest BCUT2D eigenvalue weighted by molar-refractivity contribution is -0.139. The Morgan fingerprint density at radius 1 is 1.53 bits per heavy atom.